The Bertz CT molecular complexity index is 1090. The number of amides is 1. The maximum absolute atomic E-state index is 14.1. The van der Waals surface area contributed by atoms with E-state index in [2.05, 4.69) is 5.32 Å². The van der Waals surface area contributed by atoms with Crippen LogP contribution in [0.4, 0.5) is 4.39 Å². The van der Waals surface area contributed by atoms with Crippen LogP contribution in [0.5, 0.6) is 5.75 Å². The molecule has 2 aromatic carbocycles. The molecule has 10 heteroatoms. The number of hydrogen-bond donors (Lipinski definition) is 1. The van der Waals surface area contributed by atoms with E-state index in [9.17, 15) is 22.4 Å². The molecule has 0 unspecified atom stereocenters. The number of carbonyl (C=O) groups is 2. The lowest BCUT2D eigenvalue weighted by Crippen LogP contribution is -2.45. The van der Waals surface area contributed by atoms with E-state index in [0.29, 0.717) is 24.2 Å². The Hall–Kier alpha value is -2.98. The first kappa shape index (κ1) is 22.7. The van der Waals surface area contributed by atoms with E-state index in [-0.39, 0.29) is 18.7 Å². The van der Waals surface area contributed by atoms with Crippen LogP contribution >= 0.6 is 0 Å². The lowest BCUT2D eigenvalue weighted by molar-refractivity contribution is -0.124. The number of esters is 1. The Labute approximate surface area is 180 Å². The Morgan fingerprint density at radius 1 is 1.19 bits per heavy atom. The van der Waals surface area contributed by atoms with E-state index in [4.69, 9.17) is 9.47 Å². The topological polar surface area (TPSA) is 102 Å². The number of sulfonamides is 1. The molecule has 0 aromatic heterocycles. The van der Waals surface area contributed by atoms with E-state index >= 15 is 0 Å². The van der Waals surface area contributed by atoms with Crippen molar-refractivity contribution >= 4 is 21.9 Å². The fraction of sp³-hybridized carbons (Fsp3) is 0.333. The van der Waals surface area contributed by atoms with Gasteiger partial charge in [0.15, 0.2) is 0 Å². The van der Waals surface area contributed by atoms with E-state index < -0.39 is 38.7 Å². The predicted molar refractivity (Wildman–Crippen MR) is 109 cm³/mol. The third-order valence-corrected chi connectivity index (χ3v) is 7.01. The molecular formula is C21H23FN2O6S. The normalized spacial score (nSPS) is 16.7. The molecule has 1 aliphatic rings. The molecule has 0 radical (unpaired) electrons. The molecule has 1 amide bonds. The molecule has 1 heterocycles. The lowest BCUT2D eigenvalue weighted by Gasteiger charge is -2.23. The zero-order chi connectivity index (χ0) is 22.6. The summed E-state index contributed by atoms with van der Waals surface area (Å²) in [5.74, 6) is -1.60. The second kappa shape index (κ2) is 9.44. The van der Waals surface area contributed by atoms with Gasteiger partial charge in [0.2, 0.25) is 15.9 Å². The maximum atomic E-state index is 14.1. The van der Waals surface area contributed by atoms with Gasteiger partial charge in [-0.15, -0.1) is 0 Å². The number of halogens is 1. The fourth-order valence-electron chi connectivity index (χ4n) is 3.51. The number of rotatable bonds is 7. The second-order valence-corrected chi connectivity index (χ2v) is 8.81. The number of nitrogens with zero attached hydrogens (tertiary/aromatic N) is 1. The van der Waals surface area contributed by atoms with Gasteiger partial charge < -0.3 is 14.8 Å². The average Bonchev–Trinajstić information content (AvgIpc) is 3.28. The summed E-state index contributed by atoms with van der Waals surface area (Å²) in [4.78, 5) is 24.2. The van der Waals surface area contributed by atoms with Crippen molar-refractivity contribution in [2.75, 3.05) is 20.8 Å². The third-order valence-electron chi connectivity index (χ3n) is 5.07. The van der Waals surface area contributed by atoms with Crippen molar-refractivity contribution < 1.29 is 31.9 Å². The van der Waals surface area contributed by atoms with Crippen molar-refractivity contribution in [3.8, 4) is 5.75 Å². The smallest absolute Gasteiger partial charge is 0.341 e. The van der Waals surface area contributed by atoms with Crippen molar-refractivity contribution in [1.82, 2.24) is 9.62 Å². The fourth-order valence-corrected chi connectivity index (χ4v) is 5.23. The number of nitrogens with one attached hydrogen (secondary N) is 1. The summed E-state index contributed by atoms with van der Waals surface area (Å²) in [6.45, 7) is 0.195. The number of benzene rings is 2. The minimum Gasteiger partial charge on any atom is -0.496 e. The first-order valence-corrected chi connectivity index (χ1v) is 11.0. The van der Waals surface area contributed by atoms with Crippen molar-refractivity contribution in [1.29, 1.82) is 0 Å². The lowest BCUT2D eigenvalue weighted by atomic mass is 10.1. The van der Waals surface area contributed by atoms with Crippen molar-refractivity contribution in [2.24, 2.45) is 0 Å². The second-order valence-electron chi connectivity index (χ2n) is 6.95. The highest BCUT2D eigenvalue weighted by Crippen LogP contribution is 2.28. The highest BCUT2D eigenvalue weighted by molar-refractivity contribution is 7.89. The van der Waals surface area contributed by atoms with Gasteiger partial charge >= 0.3 is 5.97 Å². The molecule has 1 saturated heterocycles. The highest BCUT2D eigenvalue weighted by atomic mass is 32.2. The molecule has 0 bridgehead atoms. The van der Waals surface area contributed by atoms with Gasteiger partial charge in [-0.3, -0.25) is 4.79 Å². The quantitative estimate of drug-likeness (QED) is 0.648. The molecule has 0 spiro atoms. The standard InChI is InChI=1S/C21H23FN2O6S/c1-29-18-10-9-14(12-15(18)21(26)30-2)13-23-20(25)17-7-5-11-24(17)31(27,28)19-8-4-3-6-16(19)22/h3-4,6,8-10,12,17H,5,7,11,13H2,1-2H3,(H,23,25)/t17-/m1/s1. The molecule has 0 saturated carbocycles. The van der Waals surface area contributed by atoms with Gasteiger partial charge in [0.1, 0.15) is 28.1 Å². The average molecular weight is 450 g/mol. The Morgan fingerprint density at radius 2 is 1.94 bits per heavy atom. The summed E-state index contributed by atoms with van der Waals surface area (Å²) in [6.07, 6.45) is 0.816. The molecule has 31 heavy (non-hydrogen) atoms. The molecule has 8 nitrogen and oxygen atoms in total. The molecule has 166 valence electrons. The zero-order valence-corrected chi connectivity index (χ0v) is 17.9. The van der Waals surface area contributed by atoms with Crippen molar-refractivity contribution in [2.45, 2.75) is 30.3 Å². The van der Waals surface area contributed by atoms with E-state index in [0.717, 1.165) is 10.4 Å². The van der Waals surface area contributed by atoms with Gasteiger partial charge in [0.05, 0.1) is 14.2 Å². The molecule has 1 atom stereocenters. The Kier molecular flexibility index (Phi) is 6.91. The van der Waals surface area contributed by atoms with Crippen LogP contribution in [0, 0.1) is 5.82 Å². The monoisotopic (exact) mass is 450 g/mol. The minimum absolute atomic E-state index is 0.0664. The Morgan fingerprint density at radius 3 is 2.61 bits per heavy atom. The SMILES string of the molecule is COC(=O)c1cc(CNC(=O)[C@H]2CCCN2S(=O)(=O)c2ccccc2F)ccc1OC. The van der Waals surface area contributed by atoms with Crippen LogP contribution in [-0.4, -0.2) is 51.4 Å². The van der Waals surface area contributed by atoms with Crippen LogP contribution in [0.25, 0.3) is 0 Å². The van der Waals surface area contributed by atoms with Crippen LogP contribution in [0.2, 0.25) is 0 Å². The maximum Gasteiger partial charge on any atom is 0.341 e. The molecular weight excluding hydrogens is 427 g/mol. The van der Waals surface area contributed by atoms with Gasteiger partial charge in [0, 0.05) is 13.1 Å². The zero-order valence-electron chi connectivity index (χ0n) is 17.1. The summed E-state index contributed by atoms with van der Waals surface area (Å²) >= 11 is 0. The van der Waals surface area contributed by atoms with Gasteiger partial charge in [-0.25, -0.2) is 17.6 Å². The van der Waals surface area contributed by atoms with E-state index in [1.54, 1.807) is 12.1 Å². The summed E-state index contributed by atoms with van der Waals surface area (Å²) in [7, 11) is -1.48. The molecule has 1 fully saturated rings. The van der Waals surface area contributed by atoms with Gasteiger partial charge in [-0.1, -0.05) is 18.2 Å². The summed E-state index contributed by atoms with van der Waals surface area (Å²) in [5, 5.41) is 2.70. The highest BCUT2D eigenvalue weighted by Gasteiger charge is 2.40. The largest absolute Gasteiger partial charge is 0.496 e. The molecule has 0 aliphatic carbocycles. The summed E-state index contributed by atoms with van der Waals surface area (Å²) in [6, 6.07) is 8.94. The van der Waals surface area contributed by atoms with Crippen LogP contribution in [0.15, 0.2) is 47.4 Å². The van der Waals surface area contributed by atoms with Crippen molar-refractivity contribution in [3.63, 3.8) is 0 Å². The number of carbonyl (C=O) groups excluding carboxylic acids is 2. The Balaban J connectivity index is 1.75. The van der Waals surface area contributed by atoms with Gasteiger partial charge in [-0.05, 0) is 42.7 Å². The van der Waals surface area contributed by atoms with Crippen molar-refractivity contribution in [3.05, 3.63) is 59.4 Å². The van der Waals surface area contributed by atoms with Crippen LogP contribution in [0.3, 0.4) is 0 Å². The number of methoxy groups -OCH3 is 2. The molecule has 3 rings (SSSR count). The first-order chi connectivity index (χ1) is 14.8. The molecule has 2 aromatic rings. The number of ether oxygens (including phenoxy) is 2. The molecule has 1 aliphatic heterocycles. The summed E-state index contributed by atoms with van der Waals surface area (Å²) < 4.78 is 50.8. The van der Waals surface area contributed by atoms with E-state index in [1.807, 2.05) is 0 Å². The van der Waals surface area contributed by atoms with Gasteiger partial charge in [-0.2, -0.15) is 4.31 Å². The van der Waals surface area contributed by atoms with Crippen LogP contribution < -0.4 is 10.1 Å². The summed E-state index contributed by atoms with van der Waals surface area (Å²) in [5.41, 5.74) is 0.817. The van der Waals surface area contributed by atoms with Gasteiger partial charge in [0.25, 0.3) is 0 Å². The van der Waals surface area contributed by atoms with Crippen LogP contribution in [-0.2, 0) is 26.1 Å². The third kappa shape index (κ3) is 4.70. The number of hydrogen-bond acceptors (Lipinski definition) is 6. The van der Waals surface area contributed by atoms with Crippen LogP contribution in [0.1, 0.15) is 28.8 Å². The molecule has 1 N–H and O–H groups in total. The van der Waals surface area contributed by atoms with E-state index in [1.165, 1.54) is 38.5 Å². The first-order valence-electron chi connectivity index (χ1n) is 9.59. The predicted octanol–water partition coefficient (Wildman–Crippen LogP) is 2.09. The minimum atomic E-state index is -4.16.